The number of H-pyrrole nitrogens is 1. The molecule has 2 N–H and O–H groups in total. The Balaban J connectivity index is 1.59. The SMILES string of the molecule is CC(NCCCC1CC1)c1ccn[nH]1. The molecule has 0 saturated heterocycles. The minimum atomic E-state index is 0.400. The van der Waals surface area contributed by atoms with Crippen molar-refractivity contribution in [3.63, 3.8) is 0 Å². The molecule has 0 aliphatic heterocycles. The van der Waals surface area contributed by atoms with Crippen LogP contribution in [-0.2, 0) is 0 Å². The predicted molar refractivity (Wildman–Crippen MR) is 57.0 cm³/mol. The van der Waals surface area contributed by atoms with Gasteiger partial charge in [0.15, 0.2) is 0 Å². The van der Waals surface area contributed by atoms with Gasteiger partial charge in [0.2, 0.25) is 0 Å². The third kappa shape index (κ3) is 2.84. The largest absolute Gasteiger partial charge is 0.309 e. The van der Waals surface area contributed by atoms with Crippen LogP contribution in [-0.4, -0.2) is 16.7 Å². The van der Waals surface area contributed by atoms with Crippen molar-refractivity contribution in [1.29, 1.82) is 0 Å². The zero-order chi connectivity index (χ0) is 9.80. The lowest BCUT2D eigenvalue weighted by Gasteiger charge is -2.11. The molecule has 0 aromatic carbocycles. The van der Waals surface area contributed by atoms with Crippen molar-refractivity contribution in [2.75, 3.05) is 6.54 Å². The first kappa shape index (κ1) is 9.71. The van der Waals surface area contributed by atoms with E-state index in [1.54, 1.807) is 6.20 Å². The van der Waals surface area contributed by atoms with Crippen molar-refractivity contribution in [1.82, 2.24) is 15.5 Å². The minimum absolute atomic E-state index is 0.400. The van der Waals surface area contributed by atoms with Gasteiger partial charge in [0.25, 0.3) is 0 Å². The van der Waals surface area contributed by atoms with Crippen molar-refractivity contribution in [3.05, 3.63) is 18.0 Å². The van der Waals surface area contributed by atoms with Crippen LogP contribution in [0.25, 0.3) is 0 Å². The highest BCUT2D eigenvalue weighted by Crippen LogP contribution is 2.33. The van der Waals surface area contributed by atoms with Gasteiger partial charge in [0, 0.05) is 12.2 Å². The van der Waals surface area contributed by atoms with E-state index in [0.29, 0.717) is 6.04 Å². The Labute approximate surface area is 85.3 Å². The Morgan fingerprint density at radius 3 is 3.14 bits per heavy atom. The lowest BCUT2D eigenvalue weighted by molar-refractivity contribution is 0.524. The maximum Gasteiger partial charge on any atom is 0.0518 e. The van der Waals surface area contributed by atoms with E-state index in [0.717, 1.165) is 12.5 Å². The molecule has 1 aromatic heterocycles. The number of aromatic amines is 1. The van der Waals surface area contributed by atoms with Crippen molar-refractivity contribution in [2.45, 2.75) is 38.6 Å². The molecular formula is C11H19N3. The molecule has 1 aliphatic carbocycles. The Morgan fingerprint density at radius 1 is 1.64 bits per heavy atom. The van der Waals surface area contributed by atoms with Crippen LogP contribution >= 0.6 is 0 Å². The lowest BCUT2D eigenvalue weighted by Crippen LogP contribution is -2.20. The molecule has 2 rings (SSSR count). The topological polar surface area (TPSA) is 40.7 Å². The van der Waals surface area contributed by atoms with Crippen LogP contribution < -0.4 is 5.32 Å². The van der Waals surface area contributed by atoms with E-state index < -0.39 is 0 Å². The Bertz CT molecular complexity index is 252. The average molecular weight is 193 g/mol. The van der Waals surface area contributed by atoms with Crippen LogP contribution in [0, 0.1) is 5.92 Å². The summed E-state index contributed by atoms with van der Waals surface area (Å²) >= 11 is 0. The fourth-order valence-corrected chi connectivity index (χ4v) is 1.73. The molecule has 1 fully saturated rings. The van der Waals surface area contributed by atoms with Gasteiger partial charge in [-0.1, -0.05) is 12.8 Å². The monoisotopic (exact) mass is 193 g/mol. The highest BCUT2D eigenvalue weighted by molar-refractivity contribution is 5.02. The number of nitrogens with zero attached hydrogens (tertiary/aromatic N) is 1. The first-order valence-electron chi connectivity index (χ1n) is 5.59. The van der Waals surface area contributed by atoms with Crippen molar-refractivity contribution in [3.8, 4) is 0 Å². The van der Waals surface area contributed by atoms with E-state index in [1.165, 1.54) is 31.4 Å². The van der Waals surface area contributed by atoms with E-state index in [1.807, 2.05) is 6.07 Å². The second kappa shape index (κ2) is 4.60. The normalized spacial score (nSPS) is 18.4. The molecule has 78 valence electrons. The maximum absolute atomic E-state index is 3.94. The molecule has 3 nitrogen and oxygen atoms in total. The first-order chi connectivity index (χ1) is 6.86. The van der Waals surface area contributed by atoms with E-state index >= 15 is 0 Å². The molecule has 0 bridgehead atoms. The van der Waals surface area contributed by atoms with E-state index in [-0.39, 0.29) is 0 Å². The zero-order valence-electron chi connectivity index (χ0n) is 8.79. The molecule has 1 heterocycles. The standard InChI is InChI=1S/C11H19N3/c1-9(11-6-8-13-14-11)12-7-2-3-10-4-5-10/h6,8-10,12H,2-5,7H2,1H3,(H,13,14). The molecule has 0 amide bonds. The summed E-state index contributed by atoms with van der Waals surface area (Å²) in [5, 5.41) is 10.4. The summed E-state index contributed by atoms with van der Waals surface area (Å²) in [5.74, 6) is 1.05. The molecule has 1 aliphatic rings. The fourth-order valence-electron chi connectivity index (χ4n) is 1.73. The van der Waals surface area contributed by atoms with Crippen LogP contribution in [0.4, 0.5) is 0 Å². The summed E-state index contributed by atoms with van der Waals surface area (Å²) in [6, 6.07) is 2.43. The van der Waals surface area contributed by atoms with Gasteiger partial charge in [-0.05, 0) is 38.3 Å². The summed E-state index contributed by atoms with van der Waals surface area (Å²) < 4.78 is 0. The molecule has 3 heteroatoms. The quantitative estimate of drug-likeness (QED) is 0.680. The van der Waals surface area contributed by atoms with Gasteiger partial charge in [0.05, 0.1) is 5.69 Å². The Morgan fingerprint density at radius 2 is 2.50 bits per heavy atom. The van der Waals surface area contributed by atoms with Gasteiger partial charge in [-0.2, -0.15) is 5.10 Å². The molecule has 1 atom stereocenters. The molecule has 0 spiro atoms. The van der Waals surface area contributed by atoms with E-state index in [4.69, 9.17) is 0 Å². The number of hydrogen-bond acceptors (Lipinski definition) is 2. The molecule has 1 unspecified atom stereocenters. The number of rotatable bonds is 6. The second-order valence-corrected chi connectivity index (χ2v) is 4.27. The highest BCUT2D eigenvalue weighted by Gasteiger charge is 2.20. The third-order valence-corrected chi connectivity index (χ3v) is 2.93. The maximum atomic E-state index is 3.94. The van der Waals surface area contributed by atoms with E-state index in [9.17, 15) is 0 Å². The van der Waals surface area contributed by atoms with Gasteiger partial charge >= 0.3 is 0 Å². The Hall–Kier alpha value is -0.830. The average Bonchev–Trinajstić information content (AvgIpc) is 2.84. The van der Waals surface area contributed by atoms with Gasteiger partial charge in [0.1, 0.15) is 0 Å². The molecule has 1 aromatic rings. The summed E-state index contributed by atoms with van der Waals surface area (Å²) in [5.41, 5.74) is 1.18. The summed E-state index contributed by atoms with van der Waals surface area (Å²) in [6.45, 7) is 3.29. The summed E-state index contributed by atoms with van der Waals surface area (Å²) in [6.07, 6.45) is 7.45. The van der Waals surface area contributed by atoms with Crippen LogP contribution in [0.15, 0.2) is 12.3 Å². The van der Waals surface area contributed by atoms with Crippen molar-refractivity contribution >= 4 is 0 Å². The molecular weight excluding hydrogens is 174 g/mol. The van der Waals surface area contributed by atoms with Gasteiger partial charge in [-0.25, -0.2) is 0 Å². The zero-order valence-corrected chi connectivity index (χ0v) is 8.79. The number of hydrogen-bond donors (Lipinski definition) is 2. The van der Waals surface area contributed by atoms with E-state index in [2.05, 4.69) is 22.4 Å². The number of aromatic nitrogens is 2. The first-order valence-corrected chi connectivity index (χ1v) is 5.59. The summed E-state index contributed by atoms with van der Waals surface area (Å²) in [4.78, 5) is 0. The van der Waals surface area contributed by atoms with Crippen molar-refractivity contribution < 1.29 is 0 Å². The fraction of sp³-hybridized carbons (Fsp3) is 0.727. The Kier molecular flexibility index (Phi) is 3.19. The van der Waals surface area contributed by atoms with Crippen LogP contribution in [0.3, 0.4) is 0 Å². The van der Waals surface area contributed by atoms with Crippen LogP contribution in [0.1, 0.15) is 44.3 Å². The van der Waals surface area contributed by atoms with Gasteiger partial charge in [-0.3, -0.25) is 5.10 Å². The predicted octanol–water partition coefficient (Wildman–Crippen LogP) is 2.25. The third-order valence-electron chi connectivity index (χ3n) is 2.93. The summed E-state index contributed by atoms with van der Waals surface area (Å²) in [7, 11) is 0. The minimum Gasteiger partial charge on any atom is -0.309 e. The van der Waals surface area contributed by atoms with Gasteiger partial charge < -0.3 is 5.32 Å². The molecule has 14 heavy (non-hydrogen) atoms. The molecule has 0 radical (unpaired) electrons. The smallest absolute Gasteiger partial charge is 0.0518 e. The van der Waals surface area contributed by atoms with Gasteiger partial charge in [-0.15, -0.1) is 0 Å². The number of nitrogens with one attached hydrogen (secondary N) is 2. The highest BCUT2D eigenvalue weighted by atomic mass is 15.1. The van der Waals surface area contributed by atoms with Crippen LogP contribution in [0.2, 0.25) is 0 Å². The second-order valence-electron chi connectivity index (χ2n) is 4.27. The molecule has 1 saturated carbocycles. The lowest BCUT2D eigenvalue weighted by atomic mass is 10.2. The van der Waals surface area contributed by atoms with Crippen LogP contribution in [0.5, 0.6) is 0 Å². The van der Waals surface area contributed by atoms with Crippen molar-refractivity contribution in [2.24, 2.45) is 5.92 Å².